The van der Waals surface area contributed by atoms with E-state index in [2.05, 4.69) is 9.72 Å². The number of esters is 1. The van der Waals surface area contributed by atoms with Crippen LogP contribution in [-0.4, -0.2) is 35.2 Å². The smallest absolute Gasteiger partial charge is 0.357 e. The van der Waals surface area contributed by atoms with E-state index in [0.717, 1.165) is 12.3 Å². The van der Waals surface area contributed by atoms with Crippen LogP contribution in [0, 0.1) is 5.82 Å². The van der Waals surface area contributed by atoms with E-state index in [-0.39, 0.29) is 6.42 Å². The van der Waals surface area contributed by atoms with E-state index in [4.69, 9.17) is 10.8 Å². The van der Waals surface area contributed by atoms with Crippen LogP contribution < -0.4 is 5.73 Å². The Bertz CT molecular complexity index is 450. The van der Waals surface area contributed by atoms with E-state index in [9.17, 15) is 14.0 Å². The van der Waals surface area contributed by atoms with E-state index in [0.29, 0.717) is 5.56 Å². The van der Waals surface area contributed by atoms with Gasteiger partial charge >= 0.3 is 11.9 Å². The summed E-state index contributed by atoms with van der Waals surface area (Å²) in [5.74, 6) is -3.05. The molecule has 7 heteroatoms. The van der Waals surface area contributed by atoms with Gasteiger partial charge in [-0.1, -0.05) is 0 Å². The van der Waals surface area contributed by atoms with Gasteiger partial charge in [-0.3, -0.25) is 4.79 Å². The van der Waals surface area contributed by atoms with Crippen molar-refractivity contribution >= 4 is 11.9 Å². The third kappa shape index (κ3) is 3.22. The van der Waals surface area contributed by atoms with Crippen molar-refractivity contribution in [3.8, 4) is 0 Å². The molecule has 1 aromatic rings. The predicted octanol–water partition coefficient (Wildman–Crippen LogP) is -0.0383. The van der Waals surface area contributed by atoms with Crippen LogP contribution in [0.3, 0.4) is 0 Å². The van der Waals surface area contributed by atoms with Crippen molar-refractivity contribution in [2.24, 2.45) is 5.73 Å². The maximum Gasteiger partial charge on any atom is 0.357 e. The normalized spacial score (nSPS) is 11.9. The lowest BCUT2D eigenvalue weighted by Gasteiger charge is -2.09. The number of methoxy groups -OCH3 is 1. The molecule has 0 saturated carbocycles. The van der Waals surface area contributed by atoms with Gasteiger partial charge in [0.1, 0.15) is 6.04 Å². The Hall–Kier alpha value is -2.02. The van der Waals surface area contributed by atoms with Gasteiger partial charge in [-0.05, 0) is 18.1 Å². The molecular formula is C10H11FN2O4. The fourth-order valence-corrected chi connectivity index (χ4v) is 1.24. The number of ether oxygens (including phenoxy) is 1. The zero-order chi connectivity index (χ0) is 13.0. The number of hydrogen-bond donors (Lipinski definition) is 2. The van der Waals surface area contributed by atoms with Crippen LogP contribution >= 0.6 is 0 Å². The van der Waals surface area contributed by atoms with Gasteiger partial charge in [0.25, 0.3) is 0 Å². The molecule has 3 N–H and O–H groups in total. The molecule has 0 aliphatic rings. The maximum atomic E-state index is 13.2. The predicted molar refractivity (Wildman–Crippen MR) is 54.8 cm³/mol. The molecule has 0 fully saturated rings. The lowest BCUT2D eigenvalue weighted by atomic mass is 10.1. The van der Waals surface area contributed by atoms with E-state index in [1.165, 1.54) is 7.11 Å². The summed E-state index contributed by atoms with van der Waals surface area (Å²) >= 11 is 0. The zero-order valence-corrected chi connectivity index (χ0v) is 9.01. The van der Waals surface area contributed by atoms with Crippen LogP contribution in [0.25, 0.3) is 0 Å². The molecule has 92 valence electrons. The highest BCUT2D eigenvalue weighted by Crippen LogP contribution is 2.09. The Morgan fingerprint density at radius 1 is 1.65 bits per heavy atom. The van der Waals surface area contributed by atoms with Gasteiger partial charge in [0.2, 0.25) is 0 Å². The molecule has 0 saturated heterocycles. The van der Waals surface area contributed by atoms with Crippen LogP contribution in [0.15, 0.2) is 12.3 Å². The second kappa shape index (κ2) is 5.35. The number of halogens is 1. The van der Waals surface area contributed by atoms with E-state index in [1.54, 1.807) is 0 Å². The minimum Gasteiger partial charge on any atom is -0.476 e. The first-order chi connectivity index (χ1) is 7.95. The monoisotopic (exact) mass is 242 g/mol. The molecule has 17 heavy (non-hydrogen) atoms. The average Bonchev–Trinajstić information content (AvgIpc) is 2.27. The number of carboxylic acids is 1. The van der Waals surface area contributed by atoms with Crippen molar-refractivity contribution in [2.75, 3.05) is 7.11 Å². The lowest BCUT2D eigenvalue weighted by molar-refractivity contribution is -0.142. The number of aromatic nitrogens is 1. The van der Waals surface area contributed by atoms with Gasteiger partial charge in [-0.15, -0.1) is 0 Å². The number of carbonyl (C=O) groups excluding carboxylic acids is 1. The summed E-state index contributed by atoms with van der Waals surface area (Å²) < 4.78 is 17.6. The summed E-state index contributed by atoms with van der Waals surface area (Å²) in [5.41, 5.74) is 5.12. The molecule has 1 rings (SSSR count). The van der Waals surface area contributed by atoms with Gasteiger partial charge < -0.3 is 15.6 Å². The summed E-state index contributed by atoms with van der Waals surface area (Å²) in [5, 5.41) is 8.56. The van der Waals surface area contributed by atoms with Gasteiger partial charge in [0.15, 0.2) is 11.5 Å². The third-order valence-electron chi connectivity index (χ3n) is 2.06. The fourth-order valence-electron chi connectivity index (χ4n) is 1.24. The van der Waals surface area contributed by atoms with Crippen molar-refractivity contribution in [1.82, 2.24) is 4.98 Å². The van der Waals surface area contributed by atoms with Gasteiger partial charge in [0, 0.05) is 6.20 Å². The number of pyridine rings is 1. The van der Waals surface area contributed by atoms with E-state index >= 15 is 0 Å². The molecular weight excluding hydrogens is 231 g/mol. The molecule has 1 atom stereocenters. The number of nitrogens with zero attached hydrogens (tertiary/aromatic N) is 1. The summed E-state index contributed by atoms with van der Waals surface area (Å²) in [4.78, 5) is 25.0. The standard InChI is InChI=1S/C10H11FN2O4/c1-17-10(16)7(12)3-5-2-6(11)8(9(14)15)13-4-5/h2,4,7H,3,12H2,1H3,(H,14,15)/t7-/m1/s1. The highest BCUT2D eigenvalue weighted by atomic mass is 19.1. The number of carbonyl (C=O) groups is 2. The topological polar surface area (TPSA) is 103 Å². The molecule has 0 aliphatic heterocycles. The molecule has 0 spiro atoms. The first-order valence-corrected chi connectivity index (χ1v) is 4.66. The number of aromatic carboxylic acids is 1. The molecule has 0 radical (unpaired) electrons. The maximum absolute atomic E-state index is 13.2. The van der Waals surface area contributed by atoms with Crippen molar-refractivity contribution < 1.29 is 23.8 Å². The van der Waals surface area contributed by atoms with Gasteiger partial charge in [0.05, 0.1) is 7.11 Å². The summed E-state index contributed by atoms with van der Waals surface area (Å²) in [6.45, 7) is 0. The molecule has 6 nitrogen and oxygen atoms in total. The summed E-state index contributed by atoms with van der Waals surface area (Å²) in [6, 6.07) is 0.0519. The Balaban J connectivity index is 2.84. The molecule has 0 bridgehead atoms. The number of hydrogen-bond acceptors (Lipinski definition) is 5. The Morgan fingerprint density at radius 2 is 2.29 bits per heavy atom. The molecule has 1 aromatic heterocycles. The second-order valence-electron chi connectivity index (χ2n) is 3.31. The van der Waals surface area contributed by atoms with Crippen LogP contribution in [0.2, 0.25) is 0 Å². The van der Waals surface area contributed by atoms with Crippen molar-refractivity contribution in [3.63, 3.8) is 0 Å². The third-order valence-corrected chi connectivity index (χ3v) is 2.06. The highest BCUT2D eigenvalue weighted by Gasteiger charge is 2.17. The number of nitrogens with two attached hydrogens (primary N) is 1. The molecule has 0 amide bonds. The number of carboxylic acid groups (broad SMARTS) is 1. The minimum absolute atomic E-state index is 0.0243. The Kier molecular flexibility index (Phi) is 4.11. The van der Waals surface area contributed by atoms with Crippen molar-refractivity contribution in [1.29, 1.82) is 0 Å². The lowest BCUT2D eigenvalue weighted by Crippen LogP contribution is -2.33. The van der Waals surface area contributed by atoms with Gasteiger partial charge in [-0.25, -0.2) is 14.2 Å². The largest absolute Gasteiger partial charge is 0.476 e. The van der Waals surface area contributed by atoms with E-state index in [1.807, 2.05) is 0 Å². The first-order valence-electron chi connectivity index (χ1n) is 4.66. The average molecular weight is 242 g/mol. The zero-order valence-electron chi connectivity index (χ0n) is 9.01. The van der Waals surface area contributed by atoms with Gasteiger partial charge in [-0.2, -0.15) is 0 Å². The van der Waals surface area contributed by atoms with Crippen molar-refractivity contribution in [2.45, 2.75) is 12.5 Å². The first kappa shape index (κ1) is 13.0. The van der Waals surface area contributed by atoms with Crippen LogP contribution in [0.5, 0.6) is 0 Å². The molecule has 0 aliphatic carbocycles. The quantitative estimate of drug-likeness (QED) is 0.718. The fraction of sp³-hybridized carbons (Fsp3) is 0.300. The number of rotatable bonds is 4. The molecule has 1 heterocycles. The minimum atomic E-state index is -1.45. The highest BCUT2D eigenvalue weighted by molar-refractivity contribution is 5.85. The summed E-state index contributed by atoms with van der Waals surface area (Å²) in [6.07, 6.45) is 1.19. The van der Waals surface area contributed by atoms with Crippen LogP contribution in [0.4, 0.5) is 4.39 Å². The Labute approximate surface area is 96.2 Å². The van der Waals surface area contributed by atoms with Crippen molar-refractivity contribution in [3.05, 3.63) is 29.3 Å². The molecule has 0 aromatic carbocycles. The summed E-state index contributed by atoms with van der Waals surface area (Å²) in [7, 11) is 1.19. The van der Waals surface area contributed by atoms with E-state index < -0.39 is 29.5 Å². The SMILES string of the molecule is COC(=O)[C@H](N)Cc1cnc(C(=O)O)c(F)c1. The Morgan fingerprint density at radius 3 is 2.76 bits per heavy atom. The molecule has 0 unspecified atom stereocenters. The second-order valence-corrected chi connectivity index (χ2v) is 3.31. The van der Waals surface area contributed by atoms with Crippen LogP contribution in [-0.2, 0) is 16.0 Å². The van der Waals surface area contributed by atoms with Crippen LogP contribution in [0.1, 0.15) is 16.1 Å².